The van der Waals surface area contributed by atoms with Gasteiger partial charge in [0.2, 0.25) is 5.91 Å². The molecule has 0 atom stereocenters. The maximum Gasteiger partial charge on any atom is 0.243 e. The third-order valence-electron chi connectivity index (χ3n) is 4.98. The molecular formula is C18H25N3O. The van der Waals surface area contributed by atoms with Gasteiger partial charge in [-0.05, 0) is 37.8 Å². The zero-order valence-corrected chi connectivity index (χ0v) is 13.1. The van der Waals surface area contributed by atoms with Gasteiger partial charge in [0.15, 0.2) is 0 Å². The number of carbonyl (C=O) groups excluding carboxylic acids is 1. The first-order valence-electron chi connectivity index (χ1n) is 8.62. The smallest absolute Gasteiger partial charge is 0.243 e. The van der Waals surface area contributed by atoms with E-state index >= 15 is 0 Å². The normalized spacial score (nSPS) is 21.0. The molecular weight excluding hydrogens is 274 g/mol. The second-order valence-corrected chi connectivity index (χ2v) is 6.53. The van der Waals surface area contributed by atoms with Crippen molar-refractivity contribution in [1.29, 1.82) is 0 Å². The molecule has 0 aliphatic heterocycles. The van der Waals surface area contributed by atoms with Crippen molar-refractivity contribution in [3.8, 4) is 0 Å². The van der Waals surface area contributed by atoms with E-state index in [1.807, 2.05) is 12.1 Å². The summed E-state index contributed by atoms with van der Waals surface area (Å²) in [6, 6.07) is 3.98. The molecule has 4 heteroatoms. The number of carbonyl (C=O) groups is 1. The zero-order valence-electron chi connectivity index (χ0n) is 13.1. The van der Waals surface area contributed by atoms with Gasteiger partial charge in [0.1, 0.15) is 0 Å². The summed E-state index contributed by atoms with van der Waals surface area (Å²) < 4.78 is 0. The van der Waals surface area contributed by atoms with Gasteiger partial charge in [-0.3, -0.25) is 9.78 Å². The van der Waals surface area contributed by atoms with Gasteiger partial charge in [-0.15, -0.1) is 0 Å². The Kier molecular flexibility index (Phi) is 5.20. The second kappa shape index (κ2) is 7.52. The molecule has 0 saturated heterocycles. The van der Waals surface area contributed by atoms with E-state index in [4.69, 9.17) is 0 Å². The van der Waals surface area contributed by atoms with Crippen LogP contribution >= 0.6 is 0 Å². The number of nitrogens with zero attached hydrogens (tertiary/aromatic N) is 2. The maximum atomic E-state index is 12.3. The highest BCUT2D eigenvalue weighted by Crippen LogP contribution is 2.28. The summed E-state index contributed by atoms with van der Waals surface area (Å²) >= 11 is 0. The molecule has 2 saturated carbocycles. The van der Waals surface area contributed by atoms with Crippen LogP contribution in [0.15, 0.2) is 29.6 Å². The molecule has 2 aliphatic carbocycles. The van der Waals surface area contributed by atoms with Gasteiger partial charge >= 0.3 is 0 Å². The van der Waals surface area contributed by atoms with Gasteiger partial charge in [0.05, 0.1) is 5.71 Å². The van der Waals surface area contributed by atoms with E-state index in [2.05, 4.69) is 15.5 Å². The standard InChI is InChI=1S/C18H25N3O/c22-18(16-8-2-1-3-9-16)21-20-17(14-6-4-5-7-14)15-10-12-19-13-11-15/h10-14,16H,1-9H2,(H,21,22). The average Bonchev–Trinajstić information content (AvgIpc) is 3.11. The number of hydrazone groups is 1. The molecule has 1 amide bonds. The van der Waals surface area contributed by atoms with Gasteiger partial charge < -0.3 is 0 Å². The van der Waals surface area contributed by atoms with Crippen LogP contribution in [-0.2, 0) is 4.79 Å². The lowest BCUT2D eigenvalue weighted by Gasteiger charge is -2.20. The maximum absolute atomic E-state index is 12.3. The molecule has 1 N–H and O–H groups in total. The van der Waals surface area contributed by atoms with Crippen LogP contribution in [-0.4, -0.2) is 16.6 Å². The van der Waals surface area contributed by atoms with Crippen LogP contribution in [0.2, 0.25) is 0 Å². The van der Waals surface area contributed by atoms with Crippen LogP contribution in [0.1, 0.15) is 63.4 Å². The first-order valence-corrected chi connectivity index (χ1v) is 8.62. The predicted octanol–water partition coefficient (Wildman–Crippen LogP) is 3.67. The first kappa shape index (κ1) is 15.2. The first-order chi connectivity index (χ1) is 10.8. The van der Waals surface area contributed by atoms with Crippen LogP contribution < -0.4 is 5.43 Å². The second-order valence-electron chi connectivity index (χ2n) is 6.53. The number of pyridine rings is 1. The Hall–Kier alpha value is -1.71. The van der Waals surface area contributed by atoms with Crippen molar-refractivity contribution in [3.63, 3.8) is 0 Å². The van der Waals surface area contributed by atoms with Crippen molar-refractivity contribution < 1.29 is 4.79 Å². The highest BCUT2D eigenvalue weighted by Gasteiger charge is 2.24. The highest BCUT2D eigenvalue weighted by molar-refractivity contribution is 6.02. The molecule has 22 heavy (non-hydrogen) atoms. The fourth-order valence-corrected chi connectivity index (χ4v) is 3.68. The third-order valence-corrected chi connectivity index (χ3v) is 4.98. The van der Waals surface area contributed by atoms with E-state index in [1.165, 1.54) is 44.9 Å². The Morgan fingerprint density at radius 1 is 0.955 bits per heavy atom. The van der Waals surface area contributed by atoms with Crippen molar-refractivity contribution in [2.45, 2.75) is 57.8 Å². The van der Waals surface area contributed by atoms with Crippen LogP contribution in [0.3, 0.4) is 0 Å². The molecule has 2 aliphatic rings. The Bertz CT molecular complexity index is 514. The topological polar surface area (TPSA) is 54.4 Å². The Morgan fingerprint density at radius 3 is 2.23 bits per heavy atom. The number of aromatic nitrogens is 1. The average molecular weight is 299 g/mol. The molecule has 1 heterocycles. The molecule has 0 unspecified atom stereocenters. The Labute approximate surface area is 132 Å². The van der Waals surface area contributed by atoms with Crippen molar-refractivity contribution in [1.82, 2.24) is 10.4 Å². The highest BCUT2D eigenvalue weighted by atomic mass is 16.2. The quantitative estimate of drug-likeness (QED) is 0.681. The number of hydrogen-bond donors (Lipinski definition) is 1. The lowest BCUT2D eigenvalue weighted by molar-refractivity contribution is -0.125. The summed E-state index contributed by atoms with van der Waals surface area (Å²) in [6.45, 7) is 0. The Balaban J connectivity index is 1.72. The SMILES string of the molecule is O=C(NN=C(c1ccncc1)C1CCCC1)C1CCCCC1. The number of hydrogen-bond acceptors (Lipinski definition) is 3. The van der Waals surface area contributed by atoms with Gasteiger partial charge in [-0.2, -0.15) is 5.10 Å². The zero-order chi connectivity index (χ0) is 15.2. The van der Waals surface area contributed by atoms with Gasteiger partial charge in [-0.25, -0.2) is 5.43 Å². The van der Waals surface area contributed by atoms with Crippen molar-refractivity contribution in [2.24, 2.45) is 16.9 Å². The number of amides is 1. The summed E-state index contributed by atoms with van der Waals surface area (Å²) in [7, 11) is 0. The van der Waals surface area contributed by atoms with Gasteiger partial charge in [0.25, 0.3) is 0 Å². The van der Waals surface area contributed by atoms with E-state index in [0.717, 1.165) is 24.1 Å². The Morgan fingerprint density at radius 2 is 1.55 bits per heavy atom. The van der Waals surface area contributed by atoms with E-state index in [-0.39, 0.29) is 11.8 Å². The van der Waals surface area contributed by atoms with Crippen molar-refractivity contribution >= 4 is 11.6 Å². The van der Waals surface area contributed by atoms with E-state index in [9.17, 15) is 4.79 Å². The fourth-order valence-electron chi connectivity index (χ4n) is 3.68. The van der Waals surface area contributed by atoms with E-state index in [0.29, 0.717) is 5.92 Å². The third kappa shape index (κ3) is 3.73. The molecule has 3 rings (SSSR count). The minimum atomic E-state index is 0.101. The molecule has 0 spiro atoms. The summed E-state index contributed by atoms with van der Waals surface area (Å²) in [5, 5.41) is 4.54. The largest absolute Gasteiger partial charge is 0.273 e. The predicted molar refractivity (Wildman–Crippen MR) is 87.4 cm³/mol. The van der Waals surface area contributed by atoms with Crippen molar-refractivity contribution in [3.05, 3.63) is 30.1 Å². The number of rotatable bonds is 4. The van der Waals surface area contributed by atoms with Crippen molar-refractivity contribution in [2.75, 3.05) is 0 Å². The molecule has 0 bridgehead atoms. The summed E-state index contributed by atoms with van der Waals surface area (Å²) in [4.78, 5) is 16.4. The van der Waals surface area contributed by atoms with Crippen LogP contribution in [0.4, 0.5) is 0 Å². The monoisotopic (exact) mass is 299 g/mol. The van der Waals surface area contributed by atoms with E-state index in [1.54, 1.807) is 12.4 Å². The molecule has 2 fully saturated rings. The van der Waals surface area contributed by atoms with E-state index < -0.39 is 0 Å². The minimum absolute atomic E-state index is 0.101. The van der Waals surface area contributed by atoms with Crippen LogP contribution in [0.5, 0.6) is 0 Å². The summed E-state index contributed by atoms with van der Waals surface area (Å²) in [6.07, 6.45) is 14.1. The van der Waals surface area contributed by atoms with Gasteiger partial charge in [-0.1, -0.05) is 32.1 Å². The summed E-state index contributed by atoms with van der Waals surface area (Å²) in [5.74, 6) is 0.720. The minimum Gasteiger partial charge on any atom is -0.273 e. The number of nitrogens with one attached hydrogen (secondary N) is 1. The molecule has 118 valence electrons. The van der Waals surface area contributed by atoms with Crippen LogP contribution in [0.25, 0.3) is 0 Å². The van der Waals surface area contributed by atoms with Gasteiger partial charge in [0, 0.05) is 29.8 Å². The molecule has 4 nitrogen and oxygen atoms in total. The molecule has 1 aromatic rings. The molecule has 0 radical (unpaired) electrons. The molecule has 0 aromatic carbocycles. The lowest BCUT2D eigenvalue weighted by Crippen LogP contribution is -2.30. The van der Waals surface area contributed by atoms with Crippen LogP contribution in [0, 0.1) is 11.8 Å². The molecule has 1 aromatic heterocycles. The summed E-state index contributed by atoms with van der Waals surface area (Å²) in [5.41, 5.74) is 4.98. The fraction of sp³-hybridized carbons (Fsp3) is 0.611. The lowest BCUT2D eigenvalue weighted by atomic mass is 9.89.